The van der Waals surface area contributed by atoms with Crippen LogP contribution in [0.2, 0.25) is 0 Å². The van der Waals surface area contributed by atoms with Crippen molar-refractivity contribution in [2.45, 2.75) is 45.3 Å². The summed E-state index contributed by atoms with van der Waals surface area (Å²) in [5, 5.41) is 3.24. The van der Waals surface area contributed by atoms with Crippen molar-refractivity contribution in [2.24, 2.45) is 5.92 Å². The van der Waals surface area contributed by atoms with Crippen LogP contribution in [0.25, 0.3) is 0 Å². The summed E-state index contributed by atoms with van der Waals surface area (Å²) in [5.41, 5.74) is 0.879. The predicted octanol–water partition coefficient (Wildman–Crippen LogP) is 3.52. The summed E-state index contributed by atoms with van der Waals surface area (Å²) in [6.45, 7) is 4.28. The normalized spacial score (nSPS) is 22.2. The van der Waals surface area contributed by atoms with Crippen LogP contribution in [-0.2, 0) is 11.3 Å². The Bertz CT molecular complexity index is 431. The van der Waals surface area contributed by atoms with Gasteiger partial charge in [-0.05, 0) is 49.8 Å². The molecule has 0 amide bonds. The van der Waals surface area contributed by atoms with Crippen LogP contribution < -0.4 is 10.1 Å². The van der Waals surface area contributed by atoms with Gasteiger partial charge in [0.25, 0.3) is 0 Å². The highest BCUT2D eigenvalue weighted by atomic mass is 19.1. The van der Waals surface area contributed by atoms with Crippen LogP contribution in [0.4, 0.5) is 4.39 Å². The van der Waals surface area contributed by atoms with Gasteiger partial charge in [-0.1, -0.05) is 6.92 Å². The van der Waals surface area contributed by atoms with Crippen molar-refractivity contribution >= 4 is 0 Å². The quantitative estimate of drug-likeness (QED) is 0.781. The number of hydrogen-bond donors (Lipinski definition) is 1. The third-order valence-electron chi connectivity index (χ3n) is 4.08. The first kappa shape index (κ1) is 16.2. The number of rotatable bonds is 7. The SMILES string of the molecule is COCCNCc1cc(F)ccc1OC1CCC(C)CC1. The topological polar surface area (TPSA) is 30.5 Å². The van der Waals surface area contributed by atoms with Crippen molar-refractivity contribution in [2.75, 3.05) is 20.3 Å². The lowest BCUT2D eigenvalue weighted by atomic mass is 9.89. The Morgan fingerprint density at radius 1 is 1.24 bits per heavy atom. The highest BCUT2D eigenvalue weighted by molar-refractivity contribution is 5.34. The Labute approximate surface area is 126 Å². The van der Waals surface area contributed by atoms with E-state index in [0.717, 1.165) is 36.6 Å². The minimum Gasteiger partial charge on any atom is -0.490 e. The van der Waals surface area contributed by atoms with E-state index in [1.54, 1.807) is 19.2 Å². The average molecular weight is 295 g/mol. The molecule has 0 spiro atoms. The number of nitrogens with one attached hydrogen (secondary N) is 1. The summed E-state index contributed by atoms with van der Waals surface area (Å²) in [7, 11) is 1.67. The summed E-state index contributed by atoms with van der Waals surface area (Å²) in [6, 6.07) is 4.78. The number of hydrogen-bond acceptors (Lipinski definition) is 3. The summed E-state index contributed by atoms with van der Waals surface area (Å²) >= 11 is 0. The molecule has 0 saturated heterocycles. The summed E-state index contributed by atoms with van der Waals surface area (Å²) in [4.78, 5) is 0. The molecule has 3 nitrogen and oxygen atoms in total. The minimum atomic E-state index is -0.219. The smallest absolute Gasteiger partial charge is 0.124 e. The van der Waals surface area contributed by atoms with Crippen LogP contribution in [0.3, 0.4) is 0 Å². The molecule has 1 fully saturated rings. The van der Waals surface area contributed by atoms with Crippen LogP contribution in [0.15, 0.2) is 18.2 Å². The van der Waals surface area contributed by atoms with E-state index in [2.05, 4.69) is 12.2 Å². The molecular formula is C17H26FNO2. The molecule has 118 valence electrons. The predicted molar refractivity (Wildman–Crippen MR) is 82.0 cm³/mol. The van der Waals surface area contributed by atoms with Crippen molar-refractivity contribution in [1.29, 1.82) is 0 Å². The molecule has 0 heterocycles. The molecule has 0 radical (unpaired) electrons. The Balaban J connectivity index is 1.94. The fraction of sp³-hybridized carbons (Fsp3) is 0.647. The van der Waals surface area contributed by atoms with Gasteiger partial charge in [-0.3, -0.25) is 0 Å². The molecule has 0 unspecified atom stereocenters. The number of benzene rings is 1. The first-order valence-corrected chi connectivity index (χ1v) is 7.83. The highest BCUT2D eigenvalue weighted by Crippen LogP contribution is 2.29. The second-order valence-corrected chi connectivity index (χ2v) is 5.92. The van der Waals surface area contributed by atoms with Crippen molar-refractivity contribution in [3.05, 3.63) is 29.6 Å². The first-order valence-electron chi connectivity index (χ1n) is 7.83. The standard InChI is InChI=1S/C17H26FNO2/c1-13-3-6-16(7-4-13)21-17-8-5-15(18)11-14(17)12-19-9-10-20-2/h5,8,11,13,16,19H,3-4,6-7,9-10,12H2,1-2H3. The van der Waals surface area contributed by atoms with Gasteiger partial charge in [0.1, 0.15) is 11.6 Å². The molecule has 1 saturated carbocycles. The average Bonchev–Trinajstić information content (AvgIpc) is 2.48. The number of halogens is 1. The molecule has 1 aromatic carbocycles. The number of methoxy groups -OCH3 is 1. The van der Waals surface area contributed by atoms with Crippen molar-refractivity contribution < 1.29 is 13.9 Å². The molecular weight excluding hydrogens is 269 g/mol. The molecule has 1 N–H and O–H groups in total. The number of ether oxygens (including phenoxy) is 2. The zero-order valence-electron chi connectivity index (χ0n) is 13.0. The molecule has 0 aromatic heterocycles. The van der Waals surface area contributed by atoms with E-state index in [1.165, 1.54) is 18.9 Å². The lowest BCUT2D eigenvalue weighted by molar-refractivity contribution is 0.134. The molecule has 0 atom stereocenters. The maximum atomic E-state index is 13.4. The van der Waals surface area contributed by atoms with E-state index in [4.69, 9.17) is 9.47 Å². The van der Waals surface area contributed by atoms with Crippen molar-refractivity contribution in [3.63, 3.8) is 0 Å². The summed E-state index contributed by atoms with van der Waals surface area (Å²) < 4.78 is 24.6. The maximum absolute atomic E-state index is 13.4. The lowest BCUT2D eigenvalue weighted by Gasteiger charge is -2.27. The van der Waals surface area contributed by atoms with Gasteiger partial charge in [0.15, 0.2) is 0 Å². The van der Waals surface area contributed by atoms with Gasteiger partial charge < -0.3 is 14.8 Å². The van der Waals surface area contributed by atoms with Crippen LogP contribution in [0, 0.1) is 11.7 Å². The summed E-state index contributed by atoms with van der Waals surface area (Å²) in [5.74, 6) is 1.39. The Kier molecular flexibility index (Phi) is 6.46. The van der Waals surface area contributed by atoms with Crippen molar-refractivity contribution in [3.8, 4) is 5.75 Å². The van der Waals surface area contributed by atoms with E-state index in [-0.39, 0.29) is 11.9 Å². The summed E-state index contributed by atoms with van der Waals surface area (Å²) in [6.07, 6.45) is 4.88. The van der Waals surface area contributed by atoms with Crippen LogP contribution in [0.1, 0.15) is 38.2 Å². The Hall–Kier alpha value is -1.13. The van der Waals surface area contributed by atoms with Gasteiger partial charge in [0.2, 0.25) is 0 Å². The van der Waals surface area contributed by atoms with Crippen LogP contribution in [0.5, 0.6) is 5.75 Å². The molecule has 1 aliphatic carbocycles. The highest BCUT2D eigenvalue weighted by Gasteiger charge is 2.20. The van der Waals surface area contributed by atoms with E-state index < -0.39 is 0 Å². The fourth-order valence-corrected chi connectivity index (χ4v) is 2.73. The van der Waals surface area contributed by atoms with E-state index in [1.807, 2.05) is 0 Å². The second-order valence-electron chi connectivity index (χ2n) is 5.92. The maximum Gasteiger partial charge on any atom is 0.124 e. The van der Waals surface area contributed by atoms with Gasteiger partial charge in [-0.15, -0.1) is 0 Å². The monoisotopic (exact) mass is 295 g/mol. The molecule has 1 aliphatic rings. The lowest BCUT2D eigenvalue weighted by Crippen LogP contribution is -2.24. The molecule has 4 heteroatoms. The Morgan fingerprint density at radius 3 is 2.71 bits per heavy atom. The van der Waals surface area contributed by atoms with Crippen LogP contribution >= 0.6 is 0 Å². The largest absolute Gasteiger partial charge is 0.490 e. The van der Waals surface area contributed by atoms with Crippen molar-refractivity contribution in [1.82, 2.24) is 5.32 Å². The first-order chi connectivity index (χ1) is 10.2. The fourth-order valence-electron chi connectivity index (χ4n) is 2.73. The zero-order valence-corrected chi connectivity index (χ0v) is 13.0. The van der Waals surface area contributed by atoms with Gasteiger partial charge in [0, 0.05) is 25.8 Å². The minimum absolute atomic E-state index is 0.219. The third kappa shape index (κ3) is 5.29. The van der Waals surface area contributed by atoms with Crippen LogP contribution in [-0.4, -0.2) is 26.4 Å². The van der Waals surface area contributed by atoms with E-state index in [9.17, 15) is 4.39 Å². The molecule has 0 aliphatic heterocycles. The van der Waals surface area contributed by atoms with E-state index >= 15 is 0 Å². The molecule has 1 aromatic rings. The third-order valence-corrected chi connectivity index (χ3v) is 4.08. The van der Waals surface area contributed by atoms with Gasteiger partial charge in [-0.2, -0.15) is 0 Å². The molecule has 2 rings (SSSR count). The Morgan fingerprint density at radius 2 is 2.00 bits per heavy atom. The second kappa shape index (κ2) is 8.35. The zero-order chi connectivity index (χ0) is 15.1. The molecule has 21 heavy (non-hydrogen) atoms. The van der Waals surface area contributed by atoms with E-state index in [0.29, 0.717) is 13.2 Å². The van der Waals surface area contributed by atoms with Gasteiger partial charge >= 0.3 is 0 Å². The van der Waals surface area contributed by atoms with Gasteiger partial charge in [0.05, 0.1) is 12.7 Å². The van der Waals surface area contributed by atoms with Gasteiger partial charge in [-0.25, -0.2) is 4.39 Å². The molecule has 0 bridgehead atoms.